The summed E-state index contributed by atoms with van der Waals surface area (Å²) >= 11 is 6.12. The van der Waals surface area contributed by atoms with Gasteiger partial charge in [-0.2, -0.15) is 36.3 Å². The van der Waals surface area contributed by atoms with Gasteiger partial charge in [-0.1, -0.05) is 11.6 Å². The van der Waals surface area contributed by atoms with Crippen molar-refractivity contribution in [1.82, 2.24) is 19.9 Å². The maximum absolute atomic E-state index is 13.4. The van der Waals surface area contributed by atoms with E-state index in [1.165, 1.54) is 12.0 Å². The summed E-state index contributed by atoms with van der Waals surface area (Å²) in [5.74, 6) is -4.66. The first kappa shape index (κ1) is 25.5. The van der Waals surface area contributed by atoms with Gasteiger partial charge < -0.3 is 19.7 Å². The molecule has 0 amide bonds. The van der Waals surface area contributed by atoms with Crippen molar-refractivity contribution >= 4 is 28.5 Å². The molecule has 1 aromatic carbocycles. The lowest BCUT2D eigenvalue weighted by Gasteiger charge is -2.37. The van der Waals surface area contributed by atoms with Gasteiger partial charge in [0.15, 0.2) is 0 Å². The van der Waals surface area contributed by atoms with Crippen molar-refractivity contribution in [2.24, 2.45) is 0 Å². The summed E-state index contributed by atoms with van der Waals surface area (Å²) < 4.78 is 85.1. The first-order valence-electron chi connectivity index (χ1n) is 10.5. The number of aliphatic hydroxyl groups excluding tert-OH is 1. The van der Waals surface area contributed by atoms with Crippen LogP contribution < -0.4 is 4.90 Å². The first-order valence-corrected chi connectivity index (χ1v) is 10.9. The Bertz CT molecular complexity index is 1180. The second-order valence-electron chi connectivity index (χ2n) is 8.12. The Hall–Kier alpha value is -2.64. The van der Waals surface area contributed by atoms with Gasteiger partial charge in [0, 0.05) is 41.9 Å². The number of nitrogens with one attached hydrogen (secondary N) is 1. The molecule has 0 fully saturated rings. The number of fused-ring (bicyclic) bond motifs is 3. The molecule has 3 aromatic rings. The number of aromatic nitrogens is 4. The largest absolute Gasteiger partial charge is 0.451 e. The number of anilines is 1. The van der Waals surface area contributed by atoms with Crippen molar-refractivity contribution in [1.29, 1.82) is 0 Å². The fourth-order valence-electron chi connectivity index (χ4n) is 4.20. The van der Waals surface area contributed by atoms with Crippen LogP contribution in [0.4, 0.5) is 32.3 Å². The quantitative estimate of drug-likeness (QED) is 0.445. The molecule has 4 rings (SSSR count). The fourth-order valence-corrected chi connectivity index (χ4v) is 4.37. The number of alkyl halides is 6. The van der Waals surface area contributed by atoms with Crippen molar-refractivity contribution in [2.45, 2.75) is 43.8 Å². The number of hydrogen-bond donors (Lipinski definition) is 2. The Kier molecular flexibility index (Phi) is 6.86. The van der Waals surface area contributed by atoms with Gasteiger partial charge in [-0.3, -0.25) is 0 Å². The van der Waals surface area contributed by atoms with E-state index in [0.29, 0.717) is 16.2 Å². The molecule has 0 radical (unpaired) electrons. The van der Waals surface area contributed by atoms with E-state index in [9.17, 15) is 31.4 Å². The molecule has 0 saturated heterocycles. The number of ether oxygens (including phenoxy) is 1. The van der Waals surface area contributed by atoms with Crippen LogP contribution in [0.2, 0.25) is 5.02 Å². The highest BCUT2D eigenvalue weighted by Crippen LogP contribution is 2.41. The zero-order valence-electron chi connectivity index (χ0n) is 18.2. The molecule has 7 nitrogen and oxygen atoms in total. The molecule has 1 aliphatic heterocycles. The number of nitrogens with zero attached hydrogens (tertiary/aromatic N) is 4. The summed E-state index contributed by atoms with van der Waals surface area (Å²) in [4.78, 5) is 13.7. The van der Waals surface area contributed by atoms with Gasteiger partial charge in [0.25, 0.3) is 0 Å². The molecule has 0 bridgehead atoms. The van der Waals surface area contributed by atoms with Crippen LogP contribution in [-0.4, -0.2) is 51.4 Å². The van der Waals surface area contributed by atoms with Crippen LogP contribution in [0.1, 0.15) is 41.8 Å². The minimum atomic E-state index is -5.22. The summed E-state index contributed by atoms with van der Waals surface area (Å²) in [6, 6.07) is 4.27. The van der Waals surface area contributed by atoms with E-state index < -0.39 is 42.1 Å². The number of benzene rings is 1. The molecule has 1 aliphatic rings. The van der Waals surface area contributed by atoms with Crippen LogP contribution in [-0.2, 0) is 23.5 Å². The zero-order valence-corrected chi connectivity index (χ0v) is 19.0. The van der Waals surface area contributed by atoms with Crippen LogP contribution >= 0.6 is 11.6 Å². The van der Waals surface area contributed by atoms with E-state index in [-0.39, 0.29) is 32.4 Å². The number of aromatic amines is 1. The van der Waals surface area contributed by atoms with E-state index in [1.54, 1.807) is 18.2 Å². The predicted molar refractivity (Wildman–Crippen MR) is 114 cm³/mol. The summed E-state index contributed by atoms with van der Waals surface area (Å²) in [6.45, 7) is 0.220. The third-order valence-corrected chi connectivity index (χ3v) is 5.99. The maximum atomic E-state index is 13.4. The van der Waals surface area contributed by atoms with Crippen LogP contribution in [0.15, 0.2) is 18.2 Å². The molecule has 2 N–H and O–H groups in total. The van der Waals surface area contributed by atoms with Crippen LogP contribution in [0.5, 0.6) is 0 Å². The number of rotatable bonds is 6. The normalized spacial score (nSPS) is 17.6. The highest BCUT2D eigenvalue weighted by atomic mass is 35.5. The molecule has 0 aliphatic carbocycles. The Balaban J connectivity index is 1.84. The van der Waals surface area contributed by atoms with E-state index in [2.05, 4.69) is 19.9 Å². The molecular formula is C21H20ClF6N5O2. The topological polar surface area (TPSA) is 87.2 Å². The van der Waals surface area contributed by atoms with Gasteiger partial charge in [0.2, 0.25) is 17.6 Å². The molecule has 190 valence electrons. The Morgan fingerprint density at radius 1 is 1.14 bits per heavy atom. The average Bonchev–Trinajstić information content (AvgIpc) is 3.14. The monoisotopic (exact) mass is 523 g/mol. The predicted octanol–water partition coefficient (Wildman–Crippen LogP) is 4.94. The third-order valence-electron chi connectivity index (χ3n) is 5.75. The number of aliphatic hydroxyl groups is 1. The second kappa shape index (κ2) is 9.43. The standard InChI is InChI=1S/C21H20ClF6N5O2/c1-35-7-5-11(34)9-15-16-12(13-8-10(22)2-3-14(13)29-16)4-6-33(15)19-31-17(20(23,24)25)30-18(32-19)21(26,27)28/h2-3,8,11,15,29,34H,4-7,9H2,1H3/t11-,15+/m0/s1. The van der Waals surface area contributed by atoms with E-state index in [4.69, 9.17) is 16.3 Å². The number of H-pyrrole nitrogens is 1. The molecular weight excluding hydrogens is 504 g/mol. The van der Waals surface area contributed by atoms with Crippen molar-refractivity contribution in [2.75, 3.05) is 25.2 Å². The molecule has 14 heteroatoms. The maximum Gasteiger partial charge on any atom is 0.451 e. The summed E-state index contributed by atoms with van der Waals surface area (Å²) in [7, 11) is 1.45. The van der Waals surface area contributed by atoms with Crippen LogP contribution in [0.25, 0.3) is 10.9 Å². The highest BCUT2D eigenvalue weighted by molar-refractivity contribution is 6.31. The molecule has 2 aromatic heterocycles. The van der Waals surface area contributed by atoms with Crippen molar-refractivity contribution in [3.05, 3.63) is 46.1 Å². The van der Waals surface area contributed by atoms with Gasteiger partial charge in [-0.15, -0.1) is 0 Å². The number of methoxy groups -OCH3 is 1. The van der Waals surface area contributed by atoms with E-state index in [1.807, 2.05) is 0 Å². The van der Waals surface area contributed by atoms with Crippen LogP contribution in [0.3, 0.4) is 0 Å². The summed E-state index contributed by atoms with van der Waals surface area (Å²) in [5.41, 5.74) is 2.04. The Morgan fingerprint density at radius 3 is 2.40 bits per heavy atom. The van der Waals surface area contributed by atoms with Crippen molar-refractivity contribution in [3.63, 3.8) is 0 Å². The minimum Gasteiger partial charge on any atom is -0.393 e. The Labute approximate surface area is 200 Å². The zero-order chi connectivity index (χ0) is 25.5. The summed E-state index contributed by atoms with van der Waals surface area (Å²) in [5, 5.41) is 11.8. The first-order chi connectivity index (χ1) is 16.4. The van der Waals surface area contributed by atoms with Gasteiger partial charge >= 0.3 is 12.4 Å². The van der Waals surface area contributed by atoms with Gasteiger partial charge in [-0.05, 0) is 43.0 Å². The van der Waals surface area contributed by atoms with Gasteiger partial charge in [0.1, 0.15) is 0 Å². The minimum absolute atomic E-state index is 0.00669. The van der Waals surface area contributed by atoms with Crippen LogP contribution in [0, 0.1) is 0 Å². The molecule has 35 heavy (non-hydrogen) atoms. The smallest absolute Gasteiger partial charge is 0.393 e. The molecule has 0 saturated carbocycles. The van der Waals surface area contributed by atoms with E-state index in [0.717, 1.165) is 10.9 Å². The summed E-state index contributed by atoms with van der Waals surface area (Å²) in [6.07, 6.45) is -10.9. The van der Waals surface area contributed by atoms with Crippen molar-refractivity contribution in [3.8, 4) is 0 Å². The van der Waals surface area contributed by atoms with Gasteiger partial charge in [0.05, 0.1) is 12.1 Å². The molecule has 0 spiro atoms. The highest BCUT2D eigenvalue weighted by Gasteiger charge is 2.43. The number of hydrogen-bond acceptors (Lipinski definition) is 6. The lowest BCUT2D eigenvalue weighted by molar-refractivity contribution is -0.155. The third kappa shape index (κ3) is 5.31. The lowest BCUT2D eigenvalue weighted by Crippen LogP contribution is -2.39. The van der Waals surface area contributed by atoms with E-state index >= 15 is 0 Å². The average molecular weight is 524 g/mol. The lowest BCUT2D eigenvalue weighted by atomic mass is 9.93. The molecule has 3 heterocycles. The second-order valence-corrected chi connectivity index (χ2v) is 8.55. The fraction of sp³-hybridized carbons (Fsp3) is 0.476. The molecule has 0 unspecified atom stereocenters. The SMILES string of the molecule is COCC[C@H](O)C[C@@H]1c2[nH]c3ccc(Cl)cc3c2CCN1c1nc(C(F)(F)F)nc(C(F)(F)F)n1. The van der Waals surface area contributed by atoms with Gasteiger partial charge in [-0.25, -0.2) is 4.98 Å². The number of halogens is 7. The molecule has 2 atom stereocenters. The Morgan fingerprint density at radius 2 is 1.80 bits per heavy atom. The van der Waals surface area contributed by atoms with Crippen molar-refractivity contribution < 1.29 is 36.2 Å².